The summed E-state index contributed by atoms with van der Waals surface area (Å²) < 4.78 is 5.00. The Hall–Kier alpha value is -0.120. The van der Waals surface area contributed by atoms with Crippen LogP contribution in [0.3, 0.4) is 0 Å². The van der Waals surface area contributed by atoms with Crippen LogP contribution >= 0.6 is 24.0 Å². The standard InChI is InChI=1S/C12H27N5O.HI/c1-13-12(14-5-8-18-4)15-9-11-10-16(2)6-7-17(11)3;/h11H,5-10H2,1-4H3,(H2,13,14,15);1H. The Morgan fingerprint density at radius 2 is 2.05 bits per heavy atom. The number of likely N-dealkylation sites (N-methyl/N-ethyl adjacent to an activating group) is 2. The highest BCUT2D eigenvalue weighted by molar-refractivity contribution is 14.0. The Morgan fingerprint density at radius 1 is 1.32 bits per heavy atom. The molecule has 0 aromatic heterocycles. The molecule has 1 rings (SSSR count). The molecule has 1 saturated heterocycles. The Kier molecular flexibility index (Phi) is 10.6. The van der Waals surface area contributed by atoms with Crippen molar-refractivity contribution in [1.82, 2.24) is 20.4 Å². The first kappa shape index (κ1) is 18.9. The van der Waals surface area contributed by atoms with E-state index in [1.165, 1.54) is 0 Å². The second kappa shape index (κ2) is 10.6. The number of hydrogen-bond acceptors (Lipinski definition) is 4. The van der Waals surface area contributed by atoms with Gasteiger partial charge in [0.25, 0.3) is 0 Å². The van der Waals surface area contributed by atoms with E-state index >= 15 is 0 Å². The molecule has 1 aliphatic rings. The van der Waals surface area contributed by atoms with Crippen LogP contribution in [-0.4, -0.2) is 89.4 Å². The van der Waals surface area contributed by atoms with Crippen LogP contribution in [0.15, 0.2) is 4.99 Å². The third-order valence-corrected chi connectivity index (χ3v) is 3.31. The van der Waals surface area contributed by atoms with Crippen molar-refractivity contribution in [3.63, 3.8) is 0 Å². The van der Waals surface area contributed by atoms with Crippen LogP contribution in [0.25, 0.3) is 0 Å². The first-order valence-corrected chi connectivity index (χ1v) is 6.49. The summed E-state index contributed by atoms with van der Waals surface area (Å²) in [5.41, 5.74) is 0. The number of aliphatic imine (C=N–C) groups is 1. The van der Waals surface area contributed by atoms with E-state index in [-0.39, 0.29) is 24.0 Å². The molecule has 0 aromatic rings. The van der Waals surface area contributed by atoms with E-state index < -0.39 is 0 Å². The van der Waals surface area contributed by atoms with Crippen molar-refractivity contribution in [3.05, 3.63) is 0 Å². The van der Waals surface area contributed by atoms with Gasteiger partial charge in [-0.05, 0) is 14.1 Å². The van der Waals surface area contributed by atoms with Gasteiger partial charge in [0, 0.05) is 52.9 Å². The van der Waals surface area contributed by atoms with Crippen LogP contribution in [0.4, 0.5) is 0 Å². The fraction of sp³-hybridized carbons (Fsp3) is 0.917. The third kappa shape index (κ3) is 7.28. The highest BCUT2D eigenvalue weighted by atomic mass is 127. The van der Waals surface area contributed by atoms with Crippen LogP contribution in [0.2, 0.25) is 0 Å². The summed E-state index contributed by atoms with van der Waals surface area (Å²) in [6, 6.07) is 0.532. The summed E-state index contributed by atoms with van der Waals surface area (Å²) in [5.74, 6) is 0.841. The number of rotatable bonds is 5. The summed E-state index contributed by atoms with van der Waals surface area (Å²) in [5, 5.41) is 6.58. The number of halogens is 1. The average Bonchev–Trinajstić information content (AvgIpc) is 2.37. The number of guanidine groups is 1. The maximum Gasteiger partial charge on any atom is 0.191 e. The molecule has 6 nitrogen and oxygen atoms in total. The van der Waals surface area contributed by atoms with E-state index in [1.807, 2.05) is 0 Å². The zero-order chi connectivity index (χ0) is 13.4. The summed E-state index contributed by atoms with van der Waals surface area (Å²) in [6.45, 7) is 5.74. The van der Waals surface area contributed by atoms with E-state index in [9.17, 15) is 0 Å². The van der Waals surface area contributed by atoms with Crippen LogP contribution < -0.4 is 10.6 Å². The van der Waals surface area contributed by atoms with Gasteiger partial charge in [0.1, 0.15) is 0 Å². The summed E-state index contributed by atoms with van der Waals surface area (Å²) >= 11 is 0. The summed E-state index contributed by atoms with van der Waals surface area (Å²) in [6.07, 6.45) is 0. The van der Waals surface area contributed by atoms with Crippen molar-refractivity contribution >= 4 is 29.9 Å². The van der Waals surface area contributed by atoms with E-state index in [2.05, 4.69) is 39.5 Å². The highest BCUT2D eigenvalue weighted by Gasteiger charge is 2.21. The highest BCUT2D eigenvalue weighted by Crippen LogP contribution is 2.04. The van der Waals surface area contributed by atoms with Gasteiger partial charge < -0.3 is 20.3 Å². The summed E-state index contributed by atoms with van der Waals surface area (Å²) in [4.78, 5) is 8.96. The molecule has 1 aliphatic heterocycles. The van der Waals surface area contributed by atoms with Gasteiger partial charge >= 0.3 is 0 Å². The van der Waals surface area contributed by atoms with Gasteiger partial charge in [-0.1, -0.05) is 0 Å². The Balaban J connectivity index is 0.00000324. The molecule has 0 aliphatic carbocycles. The molecule has 0 bridgehead atoms. The lowest BCUT2D eigenvalue weighted by molar-refractivity contribution is 0.116. The molecule has 0 saturated carbocycles. The van der Waals surface area contributed by atoms with Crippen LogP contribution in [0.1, 0.15) is 0 Å². The minimum Gasteiger partial charge on any atom is -0.383 e. The molecule has 7 heteroatoms. The van der Waals surface area contributed by atoms with Gasteiger partial charge in [0.2, 0.25) is 0 Å². The number of nitrogens with one attached hydrogen (secondary N) is 2. The largest absolute Gasteiger partial charge is 0.383 e. The van der Waals surface area contributed by atoms with E-state index in [0.29, 0.717) is 12.6 Å². The molecule has 0 spiro atoms. The van der Waals surface area contributed by atoms with Gasteiger partial charge in [0.05, 0.1) is 6.61 Å². The zero-order valence-electron chi connectivity index (χ0n) is 12.5. The van der Waals surface area contributed by atoms with Crippen molar-refractivity contribution in [2.45, 2.75) is 6.04 Å². The molecule has 1 unspecified atom stereocenters. The predicted octanol–water partition coefficient (Wildman–Crippen LogP) is -0.338. The monoisotopic (exact) mass is 385 g/mol. The molecular formula is C12H28IN5O. The maximum atomic E-state index is 5.00. The number of hydrogen-bond donors (Lipinski definition) is 2. The van der Waals surface area contributed by atoms with Crippen molar-refractivity contribution in [1.29, 1.82) is 0 Å². The second-order valence-electron chi connectivity index (χ2n) is 4.77. The smallest absolute Gasteiger partial charge is 0.191 e. The minimum atomic E-state index is 0. The quantitative estimate of drug-likeness (QED) is 0.294. The van der Waals surface area contributed by atoms with Crippen LogP contribution in [0.5, 0.6) is 0 Å². The van der Waals surface area contributed by atoms with Crippen molar-refractivity contribution < 1.29 is 4.74 Å². The van der Waals surface area contributed by atoms with Crippen LogP contribution in [-0.2, 0) is 4.74 Å². The lowest BCUT2D eigenvalue weighted by Crippen LogP contribution is -2.55. The average molecular weight is 385 g/mol. The fourth-order valence-electron chi connectivity index (χ4n) is 2.03. The van der Waals surface area contributed by atoms with Gasteiger partial charge in [-0.25, -0.2) is 0 Å². The van der Waals surface area contributed by atoms with E-state index in [4.69, 9.17) is 4.74 Å². The number of piperazine rings is 1. The molecule has 0 amide bonds. The third-order valence-electron chi connectivity index (χ3n) is 3.31. The van der Waals surface area contributed by atoms with Gasteiger partial charge in [-0.3, -0.25) is 9.89 Å². The molecular weight excluding hydrogens is 357 g/mol. The van der Waals surface area contributed by atoms with E-state index in [0.717, 1.165) is 38.7 Å². The molecule has 1 atom stereocenters. The van der Waals surface area contributed by atoms with Gasteiger partial charge in [-0.2, -0.15) is 0 Å². The molecule has 2 N–H and O–H groups in total. The molecule has 19 heavy (non-hydrogen) atoms. The number of methoxy groups -OCH3 is 1. The van der Waals surface area contributed by atoms with Crippen LogP contribution in [0, 0.1) is 0 Å². The minimum absolute atomic E-state index is 0. The molecule has 1 heterocycles. The van der Waals surface area contributed by atoms with Gasteiger partial charge in [0.15, 0.2) is 5.96 Å². The zero-order valence-corrected chi connectivity index (χ0v) is 14.8. The number of ether oxygens (including phenoxy) is 1. The summed E-state index contributed by atoms with van der Waals surface area (Å²) in [7, 11) is 7.84. The molecule has 114 valence electrons. The Bertz CT molecular complexity index is 265. The number of nitrogens with zero attached hydrogens (tertiary/aromatic N) is 3. The van der Waals surface area contributed by atoms with E-state index in [1.54, 1.807) is 14.2 Å². The SMILES string of the molecule is CN=C(NCCOC)NCC1CN(C)CCN1C.I. The normalized spacial score (nSPS) is 21.9. The van der Waals surface area contributed by atoms with Crippen molar-refractivity contribution in [2.75, 3.05) is 67.6 Å². The molecule has 0 radical (unpaired) electrons. The molecule has 1 fully saturated rings. The Morgan fingerprint density at radius 3 is 2.68 bits per heavy atom. The maximum absolute atomic E-state index is 5.00. The lowest BCUT2D eigenvalue weighted by Gasteiger charge is -2.37. The predicted molar refractivity (Wildman–Crippen MR) is 90.6 cm³/mol. The first-order chi connectivity index (χ1) is 8.67. The second-order valence-corrected chi connectivity index (χ2v) is 4.77. The molecule has 0 aromatic carbocycles. The van der Waals surface area contributed by atoms with Gasteiger partial charge in [-0.15, -0.1) is 24.0 Å². The van der Waals surface area contributed by atoms with Crippen molar-refractivity contribution in [2.24, 2.45) is 4.99 Å². The first-order valence-electron chi connectivity index (χ1n) is 6.49. The lowest BCUT2D eigenvalue weighted by atomic mass is 10.2. The Labute approximate surface area is 134 Å². The topological polar surface area (TPSA) is 52.1 Å². The fourth-order valence-corrected chi connectivity index (χ4v) is 2.03. The van der Waals surface area contributed by atoms with Crippen molar-refractivity contribution in [3.8, 4) is 0 Å².